The predicted molar refractivity (Wildman–Crippen MR) is 69.9 cm³/mol. The summed E-state index contributed by atoms with van der Waals surface area (Å²) in [7, 11) is -4.21. The van der Waals surface area contributed by atoms with E-state index in [9.17, 15) is 13.0 Å². The Morgan fingerprint density at radius 1 is 1.35 bits per heavy atom. The Morgan fingerprint density at radius 3 is 2.71 bits per heavy atom. The van der Waals surface area contributed by atoms with Gasteiger partial charge in [0.15, 0.2) is 0 Å². The van der Waals surface area contributed by atoms with Crippen molar-refractivity contribution in [3.05, 3.63) is 34.3 Å². The van der Waals surface area contributed by atoms with Crippen LogP contribution in [0, 0.1) is 0 Å². The van der Waals surface area contributed by atoms with E-state index >= 15 is 0 Å². The Hall–Kier alpha value is -0.980. The minimum Gasteiger partial charge on any atom is -0.293 e. The average molecular weight is 316 g/mol. The topological polar surface area (TPSA) is 66.7 Å². The molecule has 0 unspecified atom stereocenters. The molecule has 0 amide bonds. The molecule has 4 nitrogen and oxygen atoms in total. The lowest BCUT2D eigenvalue weighted by Crippen LogP contribution is -2.05. The second kappa shape index (κ2) is 4.72. The van der Waals surface area contributed by atoms with E-state index in [4.69, 9.17) is 0 Å². The number of halogens is 1. The Morgan fingerprint density at radius 2 is 2.12 bits per heavy atom. The van der Waals surface area contributed by atoms with E-state index in [-0.39, 0.29) is 4.90 Å². The maximum atomic E-state index is 11.3. The molecule has 1 N–H and O–H groups in total. The van der Waals surface area contributed by atoms with Gasteiger partial charge in [0.2, 0.25) is 0 Å². The summed E-state index contributed by atoms with van der Waals surface area (Å²) in [5, 5.41) is 0. The Labute approximate surface area is 108 Å². The highest BCUT2D eigenvalue weighted by Gasteiger charge is 2.18. The SMILES string of the molecule is O=S(=O)(O)c1ccc(Br)cc1C1=CC=NCC1. The second-order valence-corrected chi connectivity index (χ2v) is 5.92. The van der Waals surface area contributed by atoms with Crippen LogP contribution in [-0.2, 0) is 10.1 Å². The molecule has 1 aromatic rings. The lowest BCUT2D eigenvalue weighted by molar-refractivity contribution is 0.483. The van der Waals surface area contributed by atoms with E-state index in [0.29, 0.717) is 18.5 Å². The van der Waals surface area contributed by atoms with Gasteiger partial charge in [0.05, 0.1) is 0 Å². The minimum atomic E-state index is -4.21. The zero-order valence-electron chi connectivity index (χ0n) is 8.80. The van der Waals surface area contributed by atoms with E-state index < -0.39 is 10.1 Å². The highest BCUT2D eigenvalue weighted by molar-refractivity contribution is 9.10. The third-order valence-electron chi connectivity index (χ3n) is 2.46. The van der Waals surface area contributed by atoms with Gasteiger partial charge in [0.1, 0.15) is 4.90 Å². The van der Waals surface area contributed by atoms with E-state index in [1.165, 1.54) is 6.07 Å². The fourth-order valence-electron chi connectivity index (χ4n) is 1.69. The molecule has 1 heterocycles. The fourth-order valence-corrected chi connectivity index (χ4v) is 2.76. The first kappa shape index (κ1) is 12.5. The summed E-state index contributed by atoms with van der Waals surface area (Å²) in [6, 6.07) is 4.67. The maximum absolute atomic E-state index is 11.3. The van der Waals surface area contributed by atoms with Gasteiger partial charge in [-0.05, 0) is 41.8 Å². The van der Waals surface area contributed by atoms with Crippen molar-refractivity contribution in [2.24, 2.45) is 4.99 Å². The van der Waals surface area contributed by atoms with Crippen molar-refractivity contribution in [2.75, 3.05) is 6.54 Å². The third-order valence-corrected chi connectivity index (χ3v) is 3.86. The molecule has 17 heavy (non-hydrogen) atoms. The molecule has 90 valence electrons. The molecule has 1 aliphatic heterocycles. The lowest BCUT2D eigenvalue weighted by atomic mass is 10.0. The summed E-state index contributed by atoms with van der Waals surface area (Å²) in [6.07, 6.45) is 4.07. The van der Waals surface area contributed by atoms with Gasteiger partial charge < -0.3 is 0 Å². The van der Waals surface area contributed by atoms with Crippen molar-refractivity contribution in [3.63, 3.8) is 0 Å². The van der Waals surface area contributed by atoms with Gasteiger partial charge in [-0.2, -0.15) is 8.42 Å². The van der Waals surface area contributed by atoms with Gasteiger partial charge in [-0.1, -0.05) is 15.9 Å². The van der Waals surface area contributed by atoms with E-state index in [1.807, 2.05) is 0 Å². The van der Waals surface area contributed by atoms with E-state index in [1.54, 1.807) is 24.4 Å². The number of nitrogens with zero attached hydrogens (tertiary/aromatic N) is 1. The molecule has 1 aliphatic rings. The normalized spacial score (nSPS) is 15.8. The Bertz CT molecular complexity index is 605. The minimum absolute atomic E-state index is 0.0674. The van der Waals surface area contributed by atoms with Crippen LogP contribution in [0.4, 0.5) is 0 Å². The molecule has 6 heteroatoms. The van der Waals surface area contributed by atoms with Crippen LogP contribution < -0.4 is 0 Å². The van der Waals surface area contributed by atoms with Crippen LogP contribution in [0.15, 0.2) is 38.6 Å². The molecule has 0 bridgehead atoms. The standard InChI is InChI=1S/C11H10BrNO3S/c12-9-1-2-11(17(14,15)16)10(7-9)8-3-5-13-6-4-8/h1-3,5,7H,4,6H2,(H,14,15,16). The van der Waals surface area contributed by atoms with Gasteiger partial charge in [0.25, 0.3) is 10.1 Å². The molecule has 0 aliphatic carbocycles. The number of dihydropyridines is 1. The van der Waals surface area contributed by atoms with Crippen LogP contribution in [0.3, 0.4) is 0 Å². The molecule has 1 aromatic carbocycles. The molecule has 0 atom stereocenters. The van der Waals surface area contributed by atoms with Crippen molar-refractivity contribution in [1.29, 1.82) is 0 Å². The first-order valence-electron chi connectivity index (χ1n) is 4.95. The summed E-state index contributed by atoms with van der Waals surface area (Å²) in [4.78, 5) is 3.97. The molecule has 2 rings (SSSR count). The average Bonchev–Trinajstić information content (AvgIpc) is 2.28. The van der Waals surface area contributed by atoms with Crippen molar-refractivity contribution in [3.8, 4) is 0 Å². The molecule has 0 radical (unpaired) electrons. The highest BCUT2D eigenvalue weighted by Crippen LogP contribution is 2.29. The molecular weight excluding hydrogens is 306 g/mol. The maximum Gasteiger partial charge on any atom is 0.295 e. The smallest absolute Gasteiger partial charge is 0.293 e. The van der Waals surface area contributed by atoms with Crippen LogP contribution in [-0.4, -0.2) is 25.7 Å². The second-order valence-electron chi connectivity index (χ2n) is 3.61. The van der Waals surface area contributed by atoms with Crippen LogP contribution >= 0.6 is 15.9 Å². The fraction of sp³-hybridized carbons (Fsp3) is 0.182. The van der Waals surface area contributed by atoms with Crippen LogP contribution in [0.5, 0.6) is 0 Å². The van der Waals surface area contributed by atoms with Crippen LogP contribution in [0.25, 0.3) is 5.57 Å². The molecule has 0 saturated heterocycles. The molecule has 0 aromatic heterocycles. The van der Waals surface area contributed by atoms with Crippen molar-refractivity contribution in [2.45, 2.75) is 11.3 Å². The quantitative estimate of drug-likeness (QED) is 0.853. The number of hydrogen-bond acceptors (Lipinski definition) is 3. The first-order chi connectivity index (χ1) is 7.98. The van der Waals surface area contributed by atoms with Crippen molar-refractivity contribution >= 4 is 37.8 Å². The highest BCUT2D eigenvalue weighted by atomic mass is 79.9. The van der Waals surface area contributed by atoms with Crippen LogP contribution in [0.1, 0.15) is 12.0 Å². The Balaban J connectivity index is 2.63. The van der Waals surface area contributed by atoms with Gasteiger partial charge >= 0.3 is 0 Å². The lowest BCUT2D eigenvalue weighted by Gasteiger charge is -2.12. The molecule has 0 spiro atoms. The third kappa shape index (κ3) is 2.83. The number of aliphatic imine (C=N–C) groups is 1. The summed E-state index contributed by atoms with van der Waals surface area (Å²) in [5.74, 6) is 0. The summed E-state index contributed by atoms with van der Waals surface area (Å²) in [6.45, 7) is 0.628. The van der Waals surface area contributed by atoms with Gasteiger partial charge in [0, 0.05) is 17.2 Å². The zero-order valence-corrected chi connectivity index (χ0v) is 11.2. The van der Waals surface area contributed by atoms with Gasteiger partial charge in [-0.3, -0.25) is 9.55 Å². The Kier molecular flexibility index (Phi) is 3.46. The summed E-state index contributed by atoms with van der Waals surface area (Å²) < 4.78 is 32.5. The number of allylic oxidation sites excluding steroid dienone is 1. The van der Waals surface area contributed by atoms with Crippen molar-refractivity contribution < 1.29 is 13.0 Å². The zero-order chi connectivity index (χ0) is 12.5. The number of hydrogen-bond donors (Lipinski definition) is 1. The van der Waals surface area contributed by atoms with Gasteiger partial charge in [-0.25, -0.2) is 0 Å². The number of benzene rings is 1. The number of rotatable bonds is 2. The van der Waals surface area contributed by atoms with Crippen LogP contribution in [0.2, 0.25) is 0 Å². The molecule has 0 fully saturated rings. The molecular formula is C11H10BrNO3S. The van der Waals surface area contributed by atoms with E-state index in [0.717, 1.165) is 10.0 Å². The van der Waals surface area contributed by atoms with Gasteiger partial charge in [-0.15, -0.1) is 0 Å². The predicted octanol–water partition coefficient (Wildman–Crippen LogP) is 2.55. The first-order valence-corrected chi connectivity index (χ1v) is 7.18. The summed E-state index contributed by atoms with van der Waals surface area (Å²) >= 11 is 3.29. The summed E-state index contributed by atoms with van der Waals surface area (Å²) in [5.41, 5.74) is 1.38. The monoisotopic (exact) mass is 315 g/mol. The van der Waals surface area contributed by atoms with Crippen molar-refractivity contribution in [1.82, 2.24) is 0 Å². The largest absolute Gasteiger partial charge is 0.295 e. The van der Waals surface area contributed by atoms with E-state index in [2.05, 4.69) is 20.9 Å². The molecule has 0 saturated carbocycles.